The van der Waals surface area contributed by atoms with Crippen molar-refractivity contribution in [2.24, 2.45) is 0 Å². The molecule has 1 amide bonds. The number of amides is 1. The van der Waals surface area contributed by atoms with E-state index in [9.17, 15) is 13.2 Å². The standard InChI is InChI=1S/C19H19N7O3S/c1-30(28,29)26-14-4-2-3-13(7-14)24-19(27)17-18(23-15-8-20-11-21-9-15)22-10-16(25-17)12-5-6-12/h2-4,7-12,26H,5-6H2,1H3,(H,22,23)(H,24,27). The second-order valence-electron chi connectivity index (χ2n) is 6.93. The average Bonchev–Trinajstić information content (AvgIpc) is 3.53. The predicted molar refractivity (Wildman–Crippen MR) is 112 cm³/mol. The van der Waals surface area contributed by atoms with Crippen LogP contribution in [0.25, 0.3) is 0 Å². The molecule has 3 aromatic rings. The van der Waals surface area contributed by atoms with Crippen LogP contribution in [-0.4, -0.2) is 40.5 Å². The lowest BCUT2D eigenvalue weighted by atomic mass is 10.2. The molecule has 0 saturated heterocycles. The second-order valence-corrected chi connectivity index (χ2v) is 8.68. The Balaban J connectivity index is 1.61. The van der Waals surface area contributed by atoms with Gasteiger partial charge < -0.3 is 10.6 Å². The summed E-state index contributed by atoms with van der Waals surface area (Å²) in [5.74, 6) is 0.124. The van der Waals surface area contributed by atoms with Crippen LogP contribution >= 0.6 is 0 Å². The van der Waals surface area contributed by atoms with E-state index in [4.69, 9.17) is 0 Å². The lowest BCUT2D eigenvalue weighted by molar-refractivity contribution is 0.102. The van der Waals surface area contributed by atoms with Crippen molar-refractivity contribution in [3.63, 3.8) is 0 Å². The van der Waals surface area contributed by atoms with Crippen LogP contribution in [0.5, 0.6) is 0 Å². The lowest BCUT2D eigenvalue weighted by Gasteiger charge is -2.12. The second kappa shape index (κ2) is 8.03. The number of rotatable bonds is 7. The summed E-state index contributed by atoms with van der Waals surface area (Å²) < 4.78 is 25.3. The Bertz CT molecular complexity index is 1180. The van der Waals surface area contributed by atoms with E-state index >= 15 is 0 Å². The maximum atomic E-state index is 13.0. The van der Waals surface area contributed by atoms with Gasteiger partial charge in [-0.15, -0.1) is 0 Å². The fourth-order valence-corrected chi connectivity index (χ4v) is 3.35. The van der Waals surface area contributed by atoms with Gasteiger partial charge in [0.2, 0.25) is 10.0 Å². The van der Waals surface area contributed by atoms with E-state index < -0.39 is 15.9 Å². The van der Waals surface area contributed by atoms with Gasteiger partial charge in [0.15, 0.2) is 11.5 Å². The summed E-state index contributed by atoms with van der Waals surface area (Å²) in [6.07, 6.45) is 9.29. The van der Waals surface area contributed by atoms with E-state index in [1.165, 1.54) is 12.4 Å². The van der Waals surface area contributed by atoms with Crippen molar-refractivity contribution in [1.29, 1.82) is 0 Å². The molecule has 3 N–H and O–H groups in total. The van der Waals surface area contributed by atoms with E-state index in [1.807, 2.05) is 0 Å². The number of benzene rings is 1. The van der Waals surface area contributed by atoms with Crippen molar-refractivity contribution < 1.29 is 13.2 Å². The molecule has 2 heterocycles. The third-order valence-electron chi connectivity index (χ3n) is 4.25. The van der Waals surface area contributed by atoms with Crippen LogP contribution in [0.4, 0.5) is 22.9 Å². The van der Waals surface area contributed by atoms with Gasteiger partial charge in [-0.3, -0.25) is 9.52 Å². The third kappa shape index (κ3) is 5.06. The molecule has 0 radical (unpaired) electrons. The molecular weight excluding hydrogens is 406 g/mol. The van der Waals surface area contributed by atoms with Crippen molar-refractivity contribution in [3.05, 3.63) is 60.6 Å². The predicted octanol–water partition coefficient (Wildman–Crippen LogP) is 2.51. The molecule has 0 bridgehead atoms. The van der Waals surface area contributed by atoms with E-state index in [0.29, 0.717) is 23.0 Å². The molecule has 4 rings (SSSR count). The molecule has 10 nitrogen and oxygen atoms in total. The number of hydrogen-bond acceptors (Lipinski definition) is 8. The summed E-state index contributed by atoms with van der Waals surface area (Å²) in [6, 6.07) is 6.40. The molecule has 0 atom stereocenters. The highest BCUT2D eigenvalue weighted by molar-refractivity contribution is 7.92. The molecule has 0 spiro atoms. The first kappa shape index (κ1) is 19.7. The summed E-state index contributed by atoms with van der Waals surface area (Å²) in [6.45, 7) is 0. The molecule has 1 aromatic carbocycles. The number of anilines is 4. The molecule has 11 heteroatoms. The van der Waals surface area contributed by atoms with Gasteiger partial charge in [-0.05, 0) is 31.0 Å². The number of nitrogens with zero attached hydrogens (tertiary/aromatic N) is 4. The largest absolute Gasteiger partial charge is 0.336 e. The van der Waals surface area contributed by atoms with Crippen LogP contribution in [0.3, 0.4) is 0 Å². The Kier molecular flexibility index (Phi) is 5.27. The number of hydrogen-bond donors (Lipinski definition) is 3. The number of carbonyl (C=O) groups excluding carboxylic acids is 1. The Morgan fingerprint density at radius 3 is 2.50 bits per heavy atom. The Morgan fingerprint density at radius 2 is 1.80 bits per heavy atom. The van der Waals surface area contributed by atoms with Crippen LogP contribution in [0, 0.1) is 0 Å². The topological polar surface area (TPSA) is 139 Å². The van der Waals surface area contributed by atoms with E-state index in [2.05, 4.69) is 35.3 Å². The summed E-state index contributed by atoms with van der Waals surface area (Å²) in [5.41, 5.74) is 2.22. The van der Waals surface area contributed by atoms with Gasteiger partial charge in [-0.25, -0.2) is 28.4 Å². The van der Waals surface area contributed by atoms with E-state index in [0.717, 1.165) is 24.8 Å². The van der Waals surface area contributed by atoms with Gasteiger partial charge in [0, 0.05) is 11.6 Å². The zero-order valence-corrected chi connectivity index (χ0v) is 16.8. The maximum Gasteiger partial charge on any atom is 0.278 e. The van der Waals surface area contributed by atoms with Crippen LogP contribution in [0.1, 0.15) is 34.9 Å². The highest BCUT2D eigenvalue weighted by Crippen LogP contribution is 2.39. The number of carbonyl (C=O) groups is 1. The molecule has 1 aliphatic rings. The van der Waals surface area contributed by atoms with Crippen LogP contribution in [0.15, 0.2) is 49.2 Å². The smallest absolute Gasteiger partial charge is 0.278 e. The molecule has 30 heavy (non-hydrogen) atoms. The van der Waals surface area contributed by atoms with Crippen molar-refractivity contribution in [2.75, 3.05) is 21.6 Å². The van der Waals surface area contributed by atoms with Gasteiger partial charge in [-0.2, -0.15) is 0 Å². The first-order valence-electron chi connectivity index (χ1n) is 9.15. The number of sulfonamides is 1. The monoisotopic (exact) mass is 425 g/mol. The summed E-state index contributed by atoms with van der Waals surface area (Å²) in [7, 11) is -3.43. The molecule has 0 unspecified atom stereocenters. The summed E-state index contributed by atoms with van der Waals surface area (Å²) in [4.78, 5) is 29.8. The SMILES string of the molecule is CS(=O)(=O)Nc1cccc(NC(=O)c2nc(C3CC3)cnc2Nc2cncnc2)c1. The minimum absolute atomic E-state index is 0.129. The highest BCUT2D eigenvalue weighted by Gasteiger charge is 2.27. The third-order valence-corrected chi connectivity index (χ3v) is 4.86. The van der Waals surface area contributed by atoms with Crippen LogP contribution in [0.2, 0.25) is 0 Å². The van der Waals surface area contributed by atoms with E-state index in [-0.39, 0.29) is 11.5 Å². The molecule has 1 saturated carbocycles. The minimum Gasteiger partial charge on any atom is -0.336 e. The first-order valence-corrected chi connectivity index (χ1v) is 11.0. The molecule has 2 aromatic heterocycles. The maximum absolute atomic E-state index is 13.0. The lowest BCUT2D eigenvalue weighted by Crippen LogP contribution is -2.18. The van der Waals surface area contributed by atoms with Gasteiger partial charge >= 0.3 is 0 Å². The summed E-state index contributed by atoms with van der Waals surface area (Å²) in [5, 5.41) is 5.77. The number of nitrogens with one attached hydrogen (secondary N) is 3. The Hall–Kier alpha value is -3.60. The Morgan fingerprint density at radius 1 is 1.07 bits per heavy atom. The normalized spacial score (nSPS) is 13.5. The number of aromatic nitrogens is 4. The Labute approximate surface area is 173 Å². The quantitative estimate of drug-likeness (QED) is 0.525. The zero-order valence-electron chi connectivity index (χ0n) is 16.0. The van der Waals surface area contributed by atoms with Gasteiger partial charge in [0.1, 0.15) is 6.33 Å². The van der Waals surface area contributed by atoms with Crippen LogP contribution < -0.4 is 15.4 Å². The summed E-state index contributed by atoms with van der Waals surface area (Å²) >= 11 is 0. The molecule has 154 valence electrons. The van der Waals surface area contributed by atoms with Crippen molar-refractivity contribution in [2.45, 2.75) is 18.8 Å². The van der Waals surface area contributed by atoms with Crippen molar-refractivity contribution >= 4 is 38.8 Å². The minimum atomic E-state index is -3.43. The van der Waals surface area contributed by atoms with Gasteiger partial charge in [0.05, 0.1) is 41.9 Å². The van der Waals surface area contributed by atoms with Crippen LogP contribution in [-0.2, 0) is 10.0 Å². The van der Waals surface area contributed by atoms with Gasteiger partial charge in [-0.1, -0.05) is 6.07 Å². The molecule has 1 fully saturated rings. The molecule has 1 aliphatic carbocycles. The molecular formula is C19H19N7O3S. The fourth-order valence-electron chi connectivity index (χ4n) is 2.79. The first-order chi connectivity index (χ1) is 14.4. The van der Waals surface area contributed by atoms with Crippen molar-refractivity contribution in [3.8, 4) is 0 Å². The van der Waals surface area contributed by atoms with Crippen molar-refractivity contribution in [1.82, 2.24) is 19.9 Å². The van der Waals surface area contributed by atoms with E-state index in [1.54, 1.807) is 36.8 Å². The average molecular weight is 425 g/mol. The molecule has 0 aliphatic heterocycles. The van der Waals surface area contributed by atoms with Gasteiger partial charge in [0.25, 0.3) is 5.91 Å². The zero-order chi connectivity index (χ0) is 21.1. The fraction of sp³-hybridized carbons (Fsp3) is 0.211. The highest BCUT2D eigenvalue weighted by atomic mass is 32.2.